The van der Waals surface area contributed by atoms with E-state index in [1.54, 1.807) is 6.92 Å². The maximum Gasteiger partial charge on any atom is 0.303 e. The van der Waals surface area contributed by atoms with Crippen LogP contribution in [0.2, 0.25) is 0 Å². The van der Waals surface area contributed by atoms with Crippen LogP contribution in [0.1, 0.15) is 45.4 Å². The summed E-state index contributed by atoms with van der Waals surface area (Å²) in [6.45, 7) is 1.59. The Hall–Kier alpha value is -2.69. The first kappa shape index (κ1) is 19.6. The Morgan fingerprint density at radius 2 is 1.85 bits per heavy atom. The van der Waals surface area contributed by atoms with E-state index in [1.165, 1.54) is 7.11 Å². The van der Waals surface area contributed by atoms with Crippen molar-refractivity contribution in [2.45, 2.75) is 45.4 Å². The summed E-state index contributed by atoms with van der Waals surface area (Å²) >= 11 is 0. The van der Waals surface area contributed by atoms with Gasteiger partial charge in [-0.3, -0.25) is 9.59 Å². The van der Waals surface area contributed by atoms with Gasteiger partial charge in [-0.05, 0) is 37.0 Å². The molecule has 0 amide bonds. The van der Waals surface area contributed by atoms with Crippen molar-refractivity contribution in [2.75, 3.05) is 7.11 Å². The zero-order valence-corrected chi connectivity index (χ0v) is 15.2. The first-order chi connectivity index (χ1) is 12.4. The Labute approximate surface area is 153 Å². The normalized spacial score (nSPS) is 16.6. The Balaban J connectivity index is 2.26. The fourth-order valence-corrected chi connectivity index (χ4v) is 2.93. The van der Waals surface area contributed by atoms with Gasteiger partial charge in [0.2, 0.25) is 0 Å². The van der Waals surface area contributed by atoms with Crippen LogP contribution in [-0.4, -0.2) is 29.8 Å². The van der Waals surface area contributed by atoms with Crippen molar-refractivity contribution < 1.29 is 24.2 Å². The van der Waals surface area contributed by atoms with Crippen LogP contribution >= 0.6 is 0 Å². The largest absolute Gasteiger partial charge is 0.500 e. The van der Waals surface area contributed by atoms with Crippen LogP contribution in [0, 0.1) is 0 Å². The van der Waals surface area contributed by atoms with E-state index >= 15 is 0 Å². The van der Waals surface area contributed by atoms with Gasteiger partial charge in [0, 0.05) is 19.3 Å². The third-order valence-corrected chi connectivity index (χ3v) is 4.44. The van der Waals surface area contributed by atoms with Crippen LogP contribution in [0.15, 0.2) is 58.4 Å². The molecular weight excluding hydrogens is 332 g/mol. The van der Waals surface area contributed by atoms with E-state index in [1.807, 2.05) is 24.3 Å². The number of fused-ring (bicyclic) bond motifs is 1. The van der Waals surface area contributed by atoms with Gasteiger partial charge in [0.05, 0.1) is 19.1 Å². The topological polar surface area (TPSA) is 80.7 Å². The SMILES string of the molecule is COC1=C(C(=O)CCC(=O)O)C=C2CC=C(CCC(C)=O)C=CC2=CC1. The monoisotopic (exact) mass is 356 g/mol. The van der Waals surface area contributed by atoms with Crippen LogP contribution in [0.25, 0.3) is 0 Å². The predicted octanol–water partition coefficient (Wildman–Crippen LogP) is 3.83. The molecule has 0 aliphatic heterocycles. The molecule has 0 fully saturated rings. The summed E-state index contributed by atoms with van der Waals surface area (Å²) in [5.74, 6) is -0.494. The smallest absolute Gasteiger partial charge is 0.303 e. The number of allylic oxidation sites excluding steroid dienone is 9. The van der Waals surface area contributed by atoms with Gasteiger partial charge in [-0.15, -0.1) is 0 Å². The summed E-state index contributed by atoms with van der Waals surface area (Å²) in [4.78, 5) is 34.4. The number of ether oxygens (including phenoxy) is 1. The molecule has 0 aromatic carbocycles. The van der Waals surface area contributed by atoms with Crippen molar-refractivity contribution in [2.24, 2.45) is 0 Å². The van der Waals surface area contributed by atoms with Gasteiger partial charge < -0.3 is 14.6 Å². The van der Waals surface area contributed by atoms with Crippen LogP contribution < -0.4 is 0 Å². The molecule has 0 atom stereocenters. The molecule has 2 aliphatic rings. The minimum absolute atomic E-state index is 0.0494. The second-order valence-electron chi connectivity index (χ2n) is 6.41. The van der Waals surface area contributed by atoms with Crippen molar-refractivity contribution in [3.63, 3.8) is 0 Å². The Morgan fingerprint density at radius 1 is 1.08 bits per heavy atom. The molecule has 2 aliphatic carbocycles. The van der Waals surface area contributed by atoms with Crippen LogP contribution in [0.3, 0.4) is 0 Å². The molecule has 0 aromatic heterocycles. The molecule has 5 heteroatoms. The highest BCUT2D eigenvalue weighted by molar-refractivity contribution is 6.00. The van der Waals surface area contributed by atoms with E-state index < -0.39 is 5.97 Å². The fraction of sp³-hybridized carbons (Fsp3) is 0.381. The molecule has 5 nitrogen and oxygen atoms in total. The molecule has 0 saturated heterocycles. The number of carboxylic acid groups (broad SMARTS) is 1. The van der Waals surface area contributed by atoms with Gasteiger partial charge in [-0.2, -0.15) is 0 Å². The highest BCUT2D eigenvalue weighted by atomic mass is 16.5. The summed E-state index contributed by atoms with van der Waals surface area (Å²) in [7, 11) is 1.52. The van der Waals surface area contributed by atoms with Gasteiger partial charge >= 0.3 is 5.97 Å². The van der Waals surface area contributed by atoms with E-state index in [0.29, 0.717) is 37.0 Å². The quantitative estimate of drug-likeness (QED) is 0.715. The lowest BCUT2D eigenvalue weighted by atomic mass is 9.99. The van der Waals surface area contributed by atoms with Gasteiger partial charge in [-0.25, -0.2) is 0 Å². The number of Topliss-reactive ketones (excluding diaryl/α,β-unsaturated/α-hetero) is 2. The maximum absolute atomic E-state index is 12.5. The molecule has 26 heavy (non-hydrogen) atoms. The zero-order chi connectivity index (χ0) is 19.1. The molecule has 0 unspecified atom stereocenters. The second kappa shape index (κ2) is 9.13. The molecule has 0 radical (unpaired) electrons. The van der Waals surface area contributed by atoms with Crippen molar-refractivity contribution in [3.8, 4) is 0 Å². The van der Waals surface area contributed by atoms with Gasteiger partial charge in [0.25, 0.3) is 0 Å². The predicted molar refractivity (Wildman–Crippen MR) is 98.4 cm³/mol. The number of rotatable bonds is 8. The highest BCUT2D eigenvalue weighted by Gasteiger charge is 2.20. The summed E-state index contributed by atoms with van der Waals surface area (Å²) in [6, 6.07) is 0. The molecule has 138 valence electrons. The summed E-state index contributed by atoms with van der Waals surface area (Å²) in [5, 5.41) is 8.82. The average molecular weight is 356 g/mol. The highest BCUT2D eigenvalue weighted by Crippen LogP contribution is 2.30. The van der Waals surface area contributed by atoms with Crippen molar-refractivity contribution >= 4 is 17.5 Å². The van der Waals surface area contributed by atoms with Crippen LogP contribution in [-0.2, 0) is 19.1 Å². The Bertz CT molecular complexity index is 759. The number of carboxylic acids is 1. The molecule has 2 rings (SSSR count). The molecule has 0 heterocycles. The number of hydrogen-bond acceptors (Lipinski definition) is 4. The number of carbonyl (C=O) groups excluding carboxylic acids is 2. The second-order valence-corrected chi connectivity index (χ2v) is 6.41. The third kappa shape index (κ3) is 5.41. The van der Waals surface area contributed by atoms with E-state index in [4.69, 9.17) is 9.84 Å². The average Bonchev–Trinajstić information content (AvgIpc) is 2.89. The van der Waals surface area contributed by atoms with Crippen LogP contribution in [0.5, 0.6) is 0 Å². The van der Waals surface area contributed by atoms with E-state index in [2.05, 4.69) is 6.08 Å². The first-order valence-corrected chi connectivity index (χ1v) is 8.70. The van der Waals surface area contributed by atoms with Gasteiger partial charge in [-0.1, -0.05) is 29.9 Å². The van der Waals surface area contributed by atoms with E-state index in [-0.39, 0.29) is 24.4 Å². The minimum Gasteiger partial charge on any atom is -0.500 e. The molecule has 0 aromatic rings. The van der Waals surface area contributed by atoms with Crippen molar-refractivity contribution in [3.05, 3.63) is 58.4 Å². The third-order valence-electron chi connectivity index (χ3n) is 4.44. The summed E-state index contributed by atoms with van der Waals surface area (Å²) in [6.07, 6.45) is 12.0. The van der Waals surface area contributed by atoms with Gasteiger partial charge in [0.1, 0.15) is 11.5 Å². The molecular formula is C21H24O5. The van der Waals surface area contributed by atoms with Gasteiger partial charge in [0.15, 0.2) is 5.78 Å². The standard InChI is InChI=1S/C21H24O5/c1-14(22)3-4-15-5-7-16-9-11-20(26-2)18(13-17(16)8-6-15)19(23)10-12-21(24)25/h5-7,9,13H,3-4,8,10-12H2,1-2H3,(H,24,25). The molecule has 0 bridgehead atoms. The zero-order valence-electron chi connectivity index (χ0n) is 15.2. The minimum atomic E-state index is -0.992. The number of hydrogen-bond donors (Lipinski definition) is 1. The van der Waals surface area contributed by atoms with E-state index in [9.17, 15) is 14.4 Å². The maximum atomic E-state index is 12.5. The van der Waals surface area contributed by atoms with Crippen molar-refractivity contribution in [1.82, 2.24) is 0 Å². The van der Waals surface area contributed by atoms with Crippen molar-refractivity contribution in [1.29, 1.82) is 0 Å². The summed E-state index contributed by atoms with van der Waals surface area (Å²) < 4.78 is 5.38. The summed E-state index contributed by atoms with van der Waals surface area (Å²) in [5.41, 5.74) is 3.56. The lowest BCUT2D eigenvalue weighted by molar-refractivity contribution is -0.138. The number of ketones is 2. The fourth-order valence-electron chi connectivity index (χ4n) is 2.93. The molecule has 1 N–H and O–H groups in total. The number of aliphatic carboxylic acids is 1. The lowest BCUT2D eigenvalue weighted by Gasteiger charge is -2.08. The molecule has 0 saturated carbocycles. The van der Waals surface area contributed by atoms with E-state index in [0.717, 1.165) is 16.7 Å². The molecule has 0 spiro atoms. The van der Waals surface area contributed by atoms with Crippen LogP contribution in [0.4, 0.5) is 0 Å². The number of methoxy groups -OCH3 is 1. The Kier molecular flexibility index (Phi) is 6.89. The lowest BCUT2D eigenvalue weighted by Crippen LogP contribution is -2.08. The number of carbonyl (C=O) groups is 3. The Morgan fingerprint density at radius 3 is 2.50 bits per heavy atom. The first-order valence-electron chi connectivity index (χ1n) is 8.70.